The predicted molar refractivity (Wildman–Crippen MR) is 75.3 cm³/mol. The Hall–Kier alpha value is -1.15. The van der Waals surface area contributed by atoms with Crippen LogP contribution in [0.1, 0.15) is 26.2 Å². The van der Waals surface area contributed by atoms with Crippen molar-refractivity contribution in [2.24, 2.45) is 5.92 Å². The van der Waals surface area contributed by atoms with Crippen LogP contribution < -0.4 is 10.6 Å². The third-order valence-electron chi connectivity index (χ3n) is 2.83. The lowest BCUT2D eigenvalue weighted by atomic mass is 9.85. The summed E-state index contributed by atoms with van der Waals surface area (Å²) in [7, 11) is 0. The maximum Gasteiger partial charge on any atom is 0.230 e. The number of carbonyl (C=O) groups excluding carboxylic acids is 2. The van der Waals surface area contributed by atoms with E-state index >= 15 is 0 Å². The standard InChI is InChI=1S/C11H16N4O2S2/c1-7(16)13-10-14-15-11(19-10)18-6-9(17)12-5-8-3-2-4-8/h8H,2-6H2,1H3,(H,12,17)(H,13,14,16). The van der Waals surface area contributed by atoms with E-state index in [1.54, 1.807) is 0 Å². The van der Waals surface area contributed by atoms with Crippen LogP contribution in [0.4, 0.5) is 5.13 Å². The van der Waals surface area contributed by atoms with Crippen LogP contribution in [0, 0.1) is 5.92 Å². The SMILES string of the molecule is CC(=O)Nc1nnc(SCC(=O)NCC2CCC2)s1. The lowest BCUT2D eigenvalue weighted by Crippen LogP contribution is -2.33. The molecule has 1 fully saturated rings. The Morgan fingerprint density at radius 2 is 2.21 bits per heavy atom. The lowest BCUT2D eigenvalue weighted by molar-refractivity contribution is -0.119. The minimum Gasteiger partial charge on any atom is -0.355 e. The van der Waals surface area contributed by atoms with Crippen molar-refractivity contribution in [3.63, 3.8) is 0 Å². The number of aromatic nitrogens is 2. The van der Waals surface area contributed by atoms with Gasteiger partial charge in [-0.05, 0) is 18.8 Å². The largest absolute Gasteiger partial charge is 0.355 e. The summed E-state index contributed by atoms with van der Waals surface area (Å²) in [6.45, 7) is 2.20. The summed E-state index contributed by atoms with van der Waals surface area (Å²) >= 11 is 2.61. The van der Waals surface area contributed by atoms with Crippen LogP contribution >= 0.6 is 23.1 Å². The molecule has 0 unspecified atom stereocenters. The van der Waals surface area contributed by atoms with Crippen molar-refractivity contribution in [2.75, 3.05) is 17.6 Å². The fourth-order valence-corrected chi connectivity index (χ4v) is 3.23. The third-order valence-corrected chi connectivity index (χ3v) is 4.80. The van der Waals surface area contributed by atoms with Gasteiger partial charge in [0.2, 0.25) is 16.9 Å². The zero-order valence-corrected chi connectivity index (χ0v) is 12.3. The highest BCUT2D eigenvalue weighted by molar-refractivity contribution is 8.01. The molecule has 1 saturated carbocycles. The highest BCUT2D eigenvalue weighted by atomic mass is 32.2. The summed E-state index contributed by atoms with van der Waals surface area (Å²) in [5.74, 6) is 0.850. The van der Waals surface area contributed by atoms with Crippen LogP contribution in [-0.4, -0.2) is 34.3 Å². The Kier molecular flexibility index (Phi) is 5.15. The van der Waals surface area contributed by atoms with Gasteiger partial charge in [-0.1, -0.05) is 29.5 Å². The van der Waals surface area contributed by atoms with E-state index < -0.39 is 0 Å². The molecule has 0 aliphatic heterocycles. The Morgan fingerprint density at radius 3 is 2.84 bits per heavy atom. The molecule has 104 valence electrons. The smallest absolute Gasteiger partial charge is 0.230 e. The van der Waals surface area contributed by atoms with Gasteiger partial charge < -0.3 is 10.6 Å². The average Bonchev–Trinajstić information content (AvgIpc) is 2.71. The number of nitrogens with one attached hydrogen (secondary N) is 2. The Balaban J connectivity index is 1.67. The minimum absolute atomic E-state index is 0.0215. The van der Waals surface area contributed by atoms with Gasteiger partial charge in [-0.15, -0.1) is 10.2 Å². The van der Waals surface area contributed by atoms with Crippen molar-refractivity contribution < 1.29 is 9.59 Å². The lowest BCUT2D eigenvalue weighted by Gasteiger charge is -2.25. The third kappa shape index (κ3) is 4.79. The summed E-state index contributed by atoms with van der Waals surface area (Å²) in [4.78, 5) is 22.4. The second-order valence-electron chi connectivity index (χ2n) is 4.44. The molecule has 1 aliphatic rings. The van der Waals surface area contributed by atoms with Crippen molar-refractivity contribution in [3.8, 4) is 0 Å². The fraction of sp³-hybridized carbons (Fsp3) is 0.636. The van der Waals surface area contributed by atoms with Gasteiger partial charge in [0.15, 0.2) is 4.34 Å². The zero-order valence-electron chi connectivity index (χ0n) is 10.6. The first-order valence-electron chi connectivity index (χ1n) is 6.14. The van der Waals surface area contributed by atoms with Crippen molar-refractivity contribution in [2.45, 2.75) is 30.5 Å². The quantitative estimate of drug-likeness (QED) is 0.614. The molecule has 6 nitrogen and oxygen atoms in total. The number of amides is 2. The molecule has 8 heteroatoms. The number of thioether (sulfide) groups is 1. The first kappa shape index (κ1) is 14.3. The monoisotopic (exact) mass is 300 g/mol. The van der Waals surface area contributed by atoms with Crippen LogP contribution in [0.15, 0.2) is 4.34 Å². The molecular formula is C11H16N4O2S2. The molecule has 2 rings (SSSR count). The molecule has 1 heterocycles. The number of nitrogens with zero attached hydrogens (tertiary/aromatic N) is 2. The van der Waals surface area contributed by atoms with E-state index in [0.717, 1.165) is 6.54 Å². The topological polar surface area (TPSA) is 84.0 Å². The highest BCUT2D eigenvalue weighted by Gasteiger charge is 2.18. The maximum absolute atomic E-state index is 11.6. The van der Waals surface area contributed by atoms with Gasteiger partial charge in [-0.25, -0.2) is 0 Å². The molecule has 0 bridgehead atoms. The molecular weight excluding hydrogens is 284 g/mol. The van der Waals surface area contributed by atoms with Crippen LogP contribution in [0.5, 0.6) is 0 Å². The number of carbonyl (C=O) groups is 2. The molecule has 0 saturated heterocycles. The Labute approximate surface area is 119 Å². The van der Waals surface area contributed by atoms with E-state index in [0.29, 0.717) is 21.1 Å². The maximum atomic E-state index is 11.6. The van der Waals surface area contributed by atoms with Gasteiger partial charge >= 0.3 is 0 Å². The van der Waals surface area contributed by atoms with E-state index in [2.05, 4.69) is 20.8 Å². The van der Waals surface area contributed by atoms with Crippen LogP contribution in [-0.2, 0) is 9.59 Å². The van der Waals surface area contributed by atoms with Crippen molar-refractivity contribution in [1.82, 2.24) is 15.5 Å². The Morgan fingerprint density at radius 1 is 1.42 bits per heavy atom. The van der Waals surface area contributed by atoms with Gasteiger partial charge in [0.05, 0.1) is 5.75 Å². The molecule has 19 heavy (non-hydrogen) atoms. The number of rotatable bonds is 6. The van der Waals surface area contributed by atoms with Gasteiger partial charge in [-0.2, -0.15) is 0 Å². The summed E-state index contributed by atoms with van der Waals surface area (Å²) in [5.41, 5.74) is 0. The van der Waals surface area contributed by atoms with Crippen LogP contribution in [0.25, 0.3) is 0 Å². The van der Waals surface area contributed by atoms with E-state index in [1.165, 1.54) is 49.3 Å². The summed E-state index contributed by atoms with van der Waals surface area (Å²) in [5, 5.41) is 13.7. The van der Waals surface area contributed by atoms with E-state index in [9.17, 15) is 9.59 Å². The van der Waals surface area contributed by atoms with Crippen molar-refractivity contribution >= 4 is 40.0 Å². The summed E-state index contributed by atoms with van der Waals surface area (Å²) < 4.78 is 0.683. The molecule has 0 aromatic carbocycles. The van der Waals surface area contributed by atoms with E-state index in [1.807, 2.05) is 0 Å². The summed E-state index contributed by atoms with van der Waals surface area (Å²) in [6, 6.07) is 0. The first-order chi connectivity index (χ1) is 9.13. The predicted octanol–water partition coefficient (Wildman–Crippen LogP) is 1.50. The second-order valence-corrected chi connectivity index (χ2v) is 6.64. The van der Waals surface area contributed by atoms with Gasteiger partial charge in [0, 0.05) is 13.5 Å². The molecule has 1 aromatic rings. The van der Waals surface area contributed by atoms with E-state index in [-0.39, 0.29) is 11.8 Å². The zero-order chi connectivity index (χ0) is 13.7. The van der Waals surface area contributed by atoms with Crippen LogP contribution in [0.2, 0.25) is 0 Å². The molecule has 0 atom stereocenters. The first-order valence-corrected chi connectivity index (χ1v) is 7.94. The van der Waals surface area contributed by atoms with E-state index in [4.69, 9.17) is 0 Å². The fourth-order valence-electron chi connectivity index (χ4n) is 1.60. The molecule has 0 radical (unpaired) electrons. The Bertz CT molecular complexity index is 459. The van der Waals surface area contributed by atoms with Crippen molar-refractivity contribution in [1.29, 1.82) is 0 Å². The normalized spacial score (nSPS) is 14.8. The molecule has 2 amide bonds. The minimum atomic E-state index is -0.175. The number of hydrogen-bond donors (Lipinski definition) is 2. The molecule has 1 aliphatic carbocycles. The molecule has 1 aromatic heterocycles. The molecule has 0 spiro atoms. The van der Waals surface area contributed by atoms with Gasteiger partial charge in [0.25, 0.3) is 0 Å². The van der Waals surface area contributed by atoms with Gasteiger partial charge in [0.1, 0.15) is 0 Å². The molecule has 2 N–H and O–H groups in total. The van der Waals surface area contributed by atoms with Crippen LogP contribution in [0.3, 0.4) is 0 Å². The highest BCUT2D eigenvalue weighted by Crippen LogP contribution is 2.26. The van der Waals surface area contributed by atoms with Crippen molar-refractivity contribution in [3.05, 3.63) is 0 Å². The van der Waals surface area contributed by atoms with Gasteiger partial charge in [-0.3, -0.25) is 9.59 Å². The number of anilines is 1. The summed E-state index contributed by atoms with van der Waals surface area (Å²) in [6.07, 6.45) is 3.74. The average molecular weight is 300 g/mol. The second kappa shape index (κ2) is 6.85. The number of hydrogen-bond acceptors (Lipinski definition) is 6.